The molecule has 0 amide bonds. The van der Waals surface area contributed by atoms with Crippen LogP contribution < -0.4 is 0 Å². The van der Waals surface area contributed by atoms with Crippen LogP contribution in [0.4, 0.5) is 0 Å². The molecule has 136 valence electrons. The van der Waals surface area contributed by atoms with Crippen molar-refractivity contribution in [3.05, 3.63) is 43.1 Å². The predicted molar refractivity (Wildman–Crippen MR) is 112 cm³/mol. The van der Waals surface area contributed by atoms with E-state index in [1.165, 1.54) is 0 Å². The van der Waals surface area contributed by atoms with E-state index in [2.05, 4.69) is 83.1 Å². The zero-order chi connectivity index (χ0) is 19.1. The highest BCUT2D eigenvalue weighted by molar-refractivity contribution is 7.08. The van der Waals surface area contributed by atoms with Crippen molar-refractivity contribution in [1.29, 1.82) is 0 Å². The maximum atomic E-state index is 2.47. The highest BCUT2D eigenvalue weighted by atomic mass is 28.3. The van der Waals surface area contributed by atoms with Gasteiger partial charge in [0.15, 0.2) is 8.07 Å². The average Bonchev–Trinajstić information content (AvgIpc) is 3.34. The fourth-order valence-electron chi connectivity index (χ4n) is 6.38. The molecule has 4 aliphatic rings. The molecule has 0 spiro atoms. The Balaban J connectivity index is 2.04. The minimum absolute atomic E-state index is 0.329. The smallest absolute Gasteiger partial charge is 0.0667 e. The number of rotatable bonds is 4. The van der Waals surface area contributed by atoms with Crippen molar-refractivity contribution in [3.8, 4) is 0 Å². The topological polar surface area (TPSA) is 0 Å². The fourth-order valence-corrected chi connectivity index (χ4v) is 15.6. The van der Waals surface area contributed by atoms with Gasteiger partial charge in [-0.15, -0.1) is 0 Å². The van der Waals surface area contributed by atoms with Crippen LogP contribution in [0.3, 0.4) is 0 Å². The van der Waals surface area contributed by atoms with Gasteiger partial charge >= 0.3 is 0 Å². The van der Waals surface area contributed by atoms with E-state index in [-0.39, 0.29) is 0 Å². The lowest BCUT2D eigenvalue weighted by atomic mass is 10.1. The van der Waals surface area contributed by atoms with E-state index in [1.807, 2.05) is 20.8 Å². The lowest BCUT2D eigenvalue weighted by Crippen LogP contribution is -2.42. The molecular weight excluding hydrogens is 316 g/mol. The molecule has 0 fully saturated rings. The minimum atomic E-state index is -1.94. The van der Waals surface area contributed by atoms with E-state index in [4.69, 9.17) is 0 Å². The van der Waals surface area contributed by atoms with Crippen LogP contribution in [0.25, 0.3) is 0 Å². The van der Waals surface area contributed by atoms with Gasteiger partial charge in [-0.2, -0.15) is 0 Å². The Labute approximate surface area is 156 Å². The predicted octanol–water partition coefficient (Wildman–Crippen LogP) is 7.02. The van der Waals surface area contributed by atoms with Gasteiger partial charge in [0.05, 0.1) is 0 Å². The van der Waals surface area contributed by atoms with Crippen molar-refractivity contribution < 1.29 is 0 Å². The maximum Gasteiger partial charge on any atom is 0.166 e. The summed E-state index contributed by atoms with van der Waals surface area (Å²) >= 11 is 0. The standard InChI is InChI=1S/C24H36Si/c1-13-17(21(13,5)6)25(18-14(2)22(18,7)8,19-15(3)23(19,9)10)20-16(4)24(20,11)12/h1-12H3. The molecule has 0 aromatic carbocycles. The molecule has 4 rings (SSSR count). The van der Waals surface area contributed by atoms with E-state index in [1.54, 1.807) is 22.3 Å². The molecule has 0 nitrogen and oxygen atoms in total. The second-order valence-electron chi connectivity index (χ2n) is 11.2. The largest absolute Gasteiger partial charge is 0.166 e. The molecule has 1 heteroatoms. The Hall–Kier alpha value is -0.823. The van der Waals surface area contributed by atoms with Gasteiger partial charge < -0.3 is 0 Å². The molecule has 0 bridgehead atoms. The summed E-state index contributed by atoms with van der Waals surface area (Å²) in [5, 5.41) is 7.44. The maximum absolute atomic E-state index is 2.47. The Morgan fingerprint density at radius 1 is 0.400 bits per heavy atom. The third kappa shape index (κ3) is 1.66. The van der Waals surface area contributed by atoms with Gasteiger partial charge in [-0.05, 0) is 27.7 Å². The van der Waals surface area contributed by atoms with E-state index in [0.717, 1.165) is 0 Å². The van der Waals surface area contributed by atoms with Crippen molar-refractivity contribution in [2.45, 2.75) is 83.1 Å². The number of hydrogen-bond acceptors (Lipinski definition) is 0. The molecule has 4 aliphatic carbocycles. The van der Waals surface area contributed by atoms with Crippen LogP contribution >= 0.6 is 0 Å². The van der Waals surface area contributed by atoms with Crippen molar-refractivity contribution in [3.63, 3.8) is 0 Å². The summed E-state index contributed by atoms with van der Waals surface area (Å²) in [6.45, 7) is 29.4. The van der Waals surface area contributed by atoms with Crippen molar-refractivity contribution >= 4 is 8.07 Å². The molecule has 0 heterocycles. The molecule has 0 saturated carbocycles. The second-order valence-corrected chi connectivity index (χ2v) is 14.8. The van der Waals surface area contributed by atoms with Crippen molar-refractivity contribution in [2.75, 3.05) is 0 Å². The number of allylic oxidation sites excluding steroid dienone is 8. The number of hydrogen-bond donors (Lipinski definition) is 0. The molecule has 0 aromatic heterocycles. The van der Waals surface area contributed by atoms with Crippen molar-refractivity contribution in [1.82, 2.24) is 0 Å². The lowest BCUT2D eigenvalue weighted by Gasteiger charge is -2.34. The summed E-state index contributed by atoms with van der Waals surface area (Å²) in [6, 6.07) is 0. The van der Waals surface area contributed by atoms with Crippen LogP contribution in [0, 0.1) is 21.7 Å². The second kappa shape index (κ2) is 4.03. The minimum Gasteiger partial charge on any atom is -0.0667 e. The van der Waals surface area contributed by atoms with Gasteiger partial charge in [0.1, 0.15) is 0 Å². The highest BCUT2D eigenvalue weighted by Gasteiger charge is 2.75. The van der Waals surface area contributed by atoms with E-state index in [9.17, 15) is 0 Å². The van der Waals surface area contributed by atoms with Crippen LogP contribution in [-0.2, 0) is 0 Å². The molecule has 0 aromatic rings. The van der Waals surface area contributed by atoms with Crippen molar-refractivity contribution in [2.24, 2.45) is 21.7 Å². The summed E-state index contributed by atoms with van der Waals surface area (Å²) in [5.74, 6) is 0. The molecule has 0 atom stereocenters. The molecule has 0 unspecified atom stereocenters. The molecule has 0 radical (unpaired) electrons. The van der Waals surface area contributed by atoms with Gasteiger partial charge in [-0.1, -0.05) is 98.5 Å². The Bertz CT molecular complexity index is 726. The van der Waals surface area contributed by atoms with Gasteiger partial charge in [-0.25, -0.2) is 0 Å². The van der Waals surface area contributed by atoms with E-state index >= 15 is 0 Å². The molecule has 25 heavy (non-hydrogen) atoms. The average molecular weight is 353 g/mol. The van der Waals surface area contributed by atoms with E-state index in [0.29, 0.717) is 21.7 Å². The van der Waals surface area contributed by atoms with Gasteiger partial charge in [0.25, 0.3) is 0 Å². The first-order valence-electron chi connectivity index (χ1n) is 10.0. The molecular formula is C24H36Si. The van der Waals surface area contributed by atoms with Gasteiger partial charge in [-0.3, -0.25) is 0 Å². The molecule has 0 saturated heterocycles. The summed E-state index contributed by atoms with van der Waals surface area (Å²) in [7, 11) is -1.94. The van der Waals surface area contributed by atoms with Crippen LogP contribution in [-0.4, -0.2) is 8.07 Å². The first kappa shape index (κ1) is 17.6. The summed E-state index contributed by atoms with van der Waals surface area (Å²) in [6.07, 6.45) is 0. The zero-order valence-electron chi connectivity index (χ0n) is 18.5. The van der Waals surface area contributed by atoms with Crippen LogP contribution in [0.15, 0.2) is 43.1 Å². The summed E-state index contributed by atoms with van der Waals surface area (Å²) in [5.41, 5.74) is 8.07. The van der Waals surface area contributed by atoms with Crippen LogP contribution in [0.5, 0.6) is 0 Å². The summed E-state index contributed by atoms with van der Waals surface area (Å²) in [4.78, 5) is 0. The SMILES string of the molecule is CC1=C([Si](C2=C(C)C2(C)C)(C2=C(C)C2(C)C)C2=C(C)C2(C)C)C1(C)C. The Morgan fingerprint density at radius 3 is 0.600 bits per heavy atom. The zero-order valence-corrected chi connectivity index (χ0v) is 19.5. The summed E-state index contributed by atoms with van der Waals surface area (Å²) < 4.78 is 0. The Morgan fingerprint density at radius 2 is 0.520 bits per heavy atom. The first-order valence-corrected chi connectivity index (χ1v) is 12.0. The highest BCUT2D eigenvalue weighted by Crippen LogP contribution is 2.78. The van der Waals surface area contributed by atoms with Crippen LogP contribution in [0.1, 0.15) is 83.1 Å². The monoisotopic (exact) mass is 352 g/mol. The first-order chi connectivity index (χ1) is 11.1. The van der Waals surface area contributed by atoms with Gasteiger partial charge in [0.2, 0.25) is 0 Å². The molecule has 0 N–H and O–H groups in total. The fraction of sp³-hybridized carbons (Fsp3) is 0.667. The third-order valence-electron chi connectivity index (χ3n) is 9.00. The lowest BCUT2D eigenvalue weighted by molar-refractivity contribution is 0.659. The van der Waals surface area contributed by atoms with Gasteiger partial charge in [0, 0.05) is 21.7 Å². The third-order valence-corrected chi connectivity index (χ3v) is 16.0. The normalized spacial score (nSPS) is 30.2. The Kier molecular flexibility index (Phi) is 2.84. The van der Waals surface area contributed by atoms with Crippen LogP contribution in [0.2, 0.25) is 0 Å². The molecule has 0 aliphatic heterocycles. The van der Waals surface area contributed by atoms with E-state index < -0.39 is 8.07 Å². The quantitative estimate of drug-likeness (QED) is 0.477.